The van der Waals surface area contributed by atoms with Crippen LogP contribution in [0.3, 0.4) is 0 Å². The van der Waals surface area contributed by atoms with Crippen molar-refractivity contribution in [3.63, 3.8) is 0 Å². The first-order valence-corrected chi connectivity index (χ1v) is 8.78. The molecule has 3 aliphatic heterocycles. The average molecular weight is 319 g/mol. The zero-order chi connectivity index (χ0) is 15.8. The molecule has 0 bridgehead atoms. The zero-order valence-electron chi connectivity index (χ0n) is 13.7. The summed E-state index contributed by atoms with van der Waals surface area (Å²) in [5.41, 5.74) is 0.976. The van der Waals surface area contributed by atoms with Gasteiger partial charge in [0.2, 0.25) is 0 Å². The molecule has 0 saturated carbocycles. The first-order chi connectivity index (χ1) is 11.2. The van der Waals surface area contributed by atoms with E-state index in [0.717, 1.165) is 69.9 Å². The van der Waals surface area contributed by atoms with E-state index >= 15 is 0 Å². The summed E-state index contributed by atoms with van der Waals surface area (Å²) in [4.78, 5) is 16.9. The molecule has 3 atom stereocenters. The quantitative estimate of drug-likeness (QED) is 0.847. The van der Waals surface area contributed by atoms with Crippen molar-refractivity contribution in [1.29, 1.82) is 0 Å². The number of rotatable bonds is 3. The largest absolute Gasteiger partial charge is 0.364 e. The van der Waals surface area contributed by atoms with E-state index < -0.39 is 0 Å². The Balaban J connectivity index is 1.34. The second-order valence-corrected chi connectivity index (χ2v) is 7.14. The Morgan fingerprint density at radius 3 is 2.91 bits per heavy atom. The number of hydrogen-bond acceptors (Lipinski definition) is 5. The standard InChI is InChI=1S/C17H25N3O3/c1-12-8-14(18-23-12)10-19-7-4-13-9-15(22-16(13)11-19)17(21)20-5-2-3-6-20/h8,13,15-16H,2-7,9-11H2,1H3/t13-,15+,16-/m0/s1. The van der Waals surface area contributed by atoms with Gasteiger partial charge in [-0.05, 0) is 45.1 Å². The predicted molar refractivity (Wildman–Crippen MR) is 83.7 cm³/mol. The molecule has 3 aliphatic rings. The summed E-state index contributed by atoms with van der Waals surface area (Å²) >= 11 is 0. The lowest BCUT2D eigenvalue weighted by Crippen LogP contribution is -2.42. The van der Waals surface area contributed by atoms with Gasteiger partial charge in [-0.1, -0.05) is 5.16 Å². The van der Waals surface area contributed by atoms with Crippen molar-refractivity contribution >= 4 is 5.91 Å². The summed E-state index contributed by atoms with van der Waals surface area (Å²) < 4.78 is 11.3. The van der Waals surface area contributed by atoms with Gasteiger partial charge in [-0.2, -0.15) is 0 Å². The van der Waals surface area contributed by atoms with Gasteiger partial charge in [0.25, 0.3) is 5.91 Å². The van der Waals surface area contributed by atoms with Crippen LogP contribution in [0.1, 0.15) is 37.1 Å². The maximum Gasteiger partial charge on any atom is 0.251 e. The lowest BCUT2D eigenvalue weighted by atomic mass is 9.91. The Morgan fingerprint density at radius 2 is 2.17 bits per heavy atom. The van der Waals surface area contributed by atoms with E-state index in [2.05, 4.69) is 10.1 Å². The number of aromatic nitrogens is 1. The summed E-state index contributed by atoms with van der Waals surface area (Å²) in [5.74, 6) is 1.60. The lowest BCUT2D eigenvalue weighted by Gasteiger charge is -2.33. The van der Waals surface area contributed by atoms with Gasteiger partial charge in [-0.15, -0.1) is 0 Å². The number of carbonyl (C=O) groups excluding carboxylic acids is 1. The van der Waals surface area contributed by atoms with Crippen molar-refractivity contribution in [1.82, 2.24) is 15.0 Å². The Morgan fingerprint density at radius 1 is 1.35 bits per heavy atom. The molecule has 0 radical (unpaired) electrons. The third kappa shape index (κ3) is 3.15. The fourth-order valence-electron chi connectivity index (χ4n) is 4.16. The number of piperidine rings is 1. The molecule has 1 amide bonds. The number of amides is 1. The Labute approximate surface area is 136 Å². The summed E-state index contributed by atoms with van der Waals surface area (Å²) in [6.07, 6.45) is 4.25. The van der Waals surface area contributed by atoms with E-state index in [0.29, 0.717) is 5.92 Å². The van der Waals surface area contributed by atoms with Crippen LogP contribution in [0.15, 0.2) is 10.6 Å². The van der Waals surface area contributed by atoms with Crippen LogP contribution in [0.5, 0.6) is 0 Å². The van der Waals surface area contributed by atoms with Crippen LogP contribution < -0.4 is 0 Å². The SMILES string of the molecule is Cc1cc(CN2CC[C@H]3C[C@H](C(=O)N4CCCC4)O[C@H]3C2)no1. The minimum atomic E-state index is -0.211. The van der Waals surface area contributed by atoms with Crippen molar-refractivity contribution in [2.45, 2.75) is 51.4 Å². The highest BCUT2D eigenvalue weighted by molar-refractivity contribution is 5.81. The number of hydrogen-bond donors (Lipinski definition) is 0. The average Bonchev–Trinajstić information content (AvgIpc) is 3.26. The second kappa shape index (κ2) is 6.24. The number of aryl methyl sites for hydroxylation is 1. The molecular formula is C17H25N3O3. The number of ether oxygens (including phenoxy) is 1. The number of fused-ring (bicyclic) bond motifs is 1. The van der Waals surface area contributed by atoms with E-state index in [9.17, 15) is 4.79 Å². The molecule has 0 unspecified atom stereocenters. The second-order valence-electron chi connectivity index (χ2n) is 7.14. The first-order valence-electron chi connectivity index (χ1n) is 8.78. The van der Waals surface area contributed by atoms with E-state index in [1.165, 1.54) is 0 Å². The monoisotopic (exact) mass is 319 g/mol. The molecule has 3 saturated heterocycles. The van der Waals surface area contributed by atoms with Gasteiger partial charge < -0.3 is 14.2 Å². The van der Waals surface area contributed by atoms with Gasteiger partial charge in [0.05, 0.1) is 11.8 Å². The lowest BCUT2D eigenvalue weighted by molar-refractivity contribution is -0.142. The van der Waals surface area contributed by atoms with Crippen molar-refractivity contribution in [2.75, 3.05) is 26.2 Å². The molecule has 6 nitrogen and oxygen atoms in total. The van der Waals surface area contributed by atoms with E-state index in [-0.39, 0.29) is 18.1 Å². The highest BCUT2D eigenvalue weighted by Crippen LogP contribution is 2.34. The molecule has 1 aromatic rings. The zero-order valence-corrected chi connectivity index (χ0v) is 13.7. The highest BCUT2D eigenvalue weighted by atomic mass is 16.5. The molecule has 126 valence electrons. The van der Waals surface area contributed by atoms with Crippen LogP contribution in [-0.2, 0) is 16.1 Å². The molecule has 0 aromatic carbocycles. The molecule has 0 N–H and O–H groups in total. The van der Waals surface area contributed by atoms with E-state index in [1.807, 2.05) is 17.9 Å². The van der Waals surface area contributed by atoms with Crippen molar-refractivity contribution < 1.29 is 14.1 Å². The van der Waals surface area contributed by atoms with Crippen LogP contribution in [0.4, 0.5) is 0 Å². The van der Waals surface area contributed by atoms with Crippen LogP contribution in [0.25, 0.3) is 0 Å². The molecule has 4 rings (SSSR count). The van der Waals surface area contributed by atoms with Gasteiger partial charge in [-0.3, -0.25) is 9.69 Å². The topological polar surface area (TPSA) is 58.8 Å². The Bertz CT molecular complexity index is 567. The number of nitrogens with zero attached hydrogens (tertiary/aromatic N) is 3. The maximum absolute atomic E-state index is 12.5. The third-order valence-electron chi connectivity index (χ3n) is 5.39. The normalized spacial score (nSPS) is 31.5. The molecular weight excluding hydrogens is 294 g/mol. The maximum atomic E-state index is 12.5. The van der Waals surface area contributed by atoms with E-state index in [4.69, 9.17) is 9.26 Å². The van der Waals surface area contributed by atoms with Gasteiger partial charge in [0, 0.05) is 32.2 Å². The molecule has 23 heavy (non-hydrogen) atoms. The summed E-state index contributed by atoms with van der Waals surface area (Å²) in [6, 6.07) is 1.99. The number of carbonyl (C=O) groups is 1. The van der Waals surface area contributed by atoms with Gasteiger partial charge in [0.1, 0.15) is 11.9 Å². The first kappa shape index (κ1) is 15.1. The van der Waals surface area contributed by atoms with Crippen molar-refractivity contribution in [3.05, 3.63) is 17.5 Å². The van der Waals surface area contributed by atoms with Crippen LogP contribution in [0, 0.1) is 12.8 Å². The molecule has 3 fully saturated rings. The van der Waals surface area contributed by atoms with Crippen molar-refractivity contribution in [3.8, 4) is 0 Å². The minimum absolute atomic E-state index is 0.188. The Hall–Kier alpha value is -1.40. The molecule has 6 heteroatoms. The van der Waals surface area contributed by atoms with E-state index in [1.54, 1.807) is 0 Å². The van der Waals surface area contributed by atoms with Crippen LogP contribution >= 0.6 is 0 Å². The Kier molecular flexibility index (Phi) is 4.11. The highest BCUT2D eigenvalue weighted by Gasteiger charge is 2.43. The molecule has 0 aliphatic carbocycles. The van der Waals surface area contributed by atoms with Gasteiger partial charge >= 0.3 is 0 Å². The predicted octanol–water partition coefficient (Wildman–Crippen LogP) is 1.58. The van der Waals surface area contributed by atoms with Crippen molar-refractivity contribution in [2.24, 2.45) is 5.92 Å². The van der Waals surface area contributed by atoms with Crippen LogP contribution in [0.2, 0.25) is 0 Å². The third-order valence-corrected chi connectivity index (χ3v) is 5.39. The summed E-state index contributed by atoms with van der Waals surface area (Å²) in [5, 5.41) is 4.07. The minimum Gasteiger partial charge on any atom is -0.364 e. The molecule has 0 spiro atoms. The summed E-state index contributed by atoms with van der Waals surface area (Å²) in [7, 11) is 0. The van der Waals surface area contributed by atoms with Crippen LogP contribution in [-0.4, -0.2) is 59.3 Å². The van der Waals surface area contributed by atoms with Gasteiger partial charge in [-0.25, -0.2) is 0 Å². The summed E-state index contributed by atoms with van der Waals surface area (Å²) in [6.45, 7) is 6.46. The fraction of sp³-hybridized carbons (Fsp3) is 0.765. The number of likely N-dealkylation sites (tertiary alicyclic amines) is 2. The molecule has 4 heterocycles. The van der Waals surface area contributed by atoms with Gasteiger partial charge in [0.15, 0.2) is 0 Å². The fourth-order valence-corrected chi connectivity index (χ4v) is 4.16. The smallest absolute Gasteiger partial charge is 0.251 e. The molecule has 1 aromatic heterocycles.